The Balaban J connectivity index is 1.86. The van der Waals surface area contributed by atoms with Gasteiger partial charge in [0, 0.05) is 12.1 Å². The molecular weight excluding hydrogens is 222 g/mol. The largest absolute Gasteiger partial charge is 0.481 e. The van der Waals surface area contributed by atoms with Crippen molar-refractivity contribution in [2.45, 2.75) is 31.3 Å². The molecule has 1 amide bonds. The molecule has 5 nitrogen and oxygen atoms in total. The molecule has 2 saturated heterocycles. The Morgan fingerprint density at radius 1 is 1.41 bits per heavy atom. The SMILES string of the molecule is O=C(O)[C@@H]1C[C@H]2CC[C@@H]1N2C(=O)c1ccoc1. The number of fused-ring (bicyclic) bond motifs is 2. The molecule has 3 heterocycles. The van der Waals surface area contributed by atoms with Crippen molar-refractivity contribution in [2.24, 2.45) is 5.92 Å². The fourth-order valence-corrected chi connectivity index (χ4v) is 3.11. The van der Waals surface area contributed by atoms with Crippen LogP contribution < -0.4 is 0 Å². The smallest absolute Gasteiger partial charge is 0.308 e. The lowest BCUT2D eigenvalue weighted by Gasteiger charge is -2.22. The molecule has 90 valence electrons. The van der Waals surface area contributed by atoms with E-state index in [-0.39, 0.29) is 18.0 Å². The summed E-state index contributed by atoms with van der Waals surface area (Å²) >= 11 is 0. The van der Waals surface area contributed by atoms with E-state index in [0.717, 1.165) is 12.8 Å². The summed E-state index contributed by atoms with van der Waals surface area (Å²) in [5, 5.41) is 9.11. The monoisotopic (exact) mass is 235 g/mol. The van der Waals surface area contributed by atoms with Gasteiger partial charge in [-0.3, -0.25) is 9.59 Å². The van der Waals surface area contributed by atoms with E-state index < -0.39 is 11.9 Å². The molecule has 2 fully saturated rings. The van der Waals surface area contributed by atoms with Gasteiger partial charge >= 0.3 is 5.97 Å². The summed E-state index contributed by atoms with van der Waals surface area (Å²) in [7, 11) is 0. The molecule has 0 spiro atoms. The number of hydrogen-bond donors (Lipinski definition) is 1. The molecule has 3 rings (SSSR count). The lowest BCUT2D eigenvalue weighted by molar-refractivity contribution is -0.142. The van der Waals surface area contributed by atoms with E-state index in [1.54, 1.807) is 11.0 Å². The van der Waals surface area contributed by atoms with Gasteiger partial charge < -0.3 is 14.4 Å². The van der Waals surface area contributed by atoms with Gasteiger partial charge in [0.1, 0.15) is 6.26 Å². The van der Waals surface area contributed by atoms with Crippen LogP contribution in [0.2, 0.25) is 0 Å². The number of rotatable bonds is 2. The Labute approximate surface area is 98.0 Å². The van der Waals surface area contributed by atoms with Crippen LogP contribution in [0.3, 0.4) is 0 Å². The first-order valence-corrected chi connectivity index (χ1v) is 5.76. The summed E-state index contributed by atoms with van der Waals surface area (Å²) in [6.07, 6.45) is 5.17. The van der Waals surface area contributed by atoms with Gasteiger partial charge in [0.25, 0.3) is 5.91 Å². The summed E-state index contributed by atoms with van der Waals surface area (Å²) in [5.41, 5.74) is 0.507. The third-order valence-electron chi connectivity index (χ3n) is 3.86. The van der Waals surface area contributed by atoms with Crippen LogP contribution >= 0.6 is 0 Å². The van der Waals surface area contributed by atoms with Crippen LogP contribution in [0, 0.1) is 5.92 Å². The molecule has 0 aromatic carbocycles. The standard InChI is InChI=1S/C12H13NO4/c14-11(7-3-4-17-6-7)13-8-1-2-10(13)9(5-8)12(15)16/h3-4,6,8-10H,1-2,5H2,(H,15,16)/t8-,9-,10+/m1/s1. The van der Waals surface area contributed by atoms with Crippen LogP contribution in [-0.2, 0) is 4.79 Å². The van der Waals surface area contributed by atoms with Gasteiger partial charge in [0.2, 0.25) is 0 Å². The predicted molar refractivity (Wildman–Crippen MR) is 57.4 cm³/mol. The predicted octanol–water partition coefficient (Wildman–Crippen LogP) is 1.36. The van der Waals surface area contributed by atoms with Crippen molar-refractivity contribution in [3.05, 3.63) is 24.2 Å². The maximum Gasteiger partial charge on any atom is 0.308 e. The number of amides is 1. The number of nitrogens with zero attached hydrogens (tertiary/aromatic N) is 1. The van der Waals surface area contributed by atoms with Gasteiger partial charge in [0.05, 0.1) is 17.7 Å². The molecular formula is C12H13NO4. The molecule has 1 aromatic heterocycles. The molecule has 1 N–H and O–H groups in total. The second-order valence-corrected chi connectivity index (χ2v) is 4.70. The summed E-state index contributed by atoms with van der Waals surface area (Å²) in [6, 6.07) is 1.57. The summed E-state index contributed by atoms with van der Waals surface area (Å²) in [4.78, 5) is 25.0. The highest BCUT2D eigenvalue weighted by molar-refractivity contribution is 5.95. The van der Waals surface area contributed by atoms with Crippen LogP contribution in [0.15, 0.2) is 23.0 Å². The van der Waals surface area contributed by atoms with E-state index in [0.29, 0.717) is 12.0 Å². The lowest BCUT2D eigenvalue weighted by Crippen LogP contribution is -2.37. The number of carbonyl (C=O) groups excluding carboxylic acids is 1. The Bertz CT molecular complexity index is 453. The zero-order valence-corrected chi connectivity index (χ0v) is 9.20. The first-order valence-electron chi connectivity index (χ1n) is 5.76. The first-order chi connectivity index (χ1) is 8.18. The highest BCUT2D eigenvalue weighted by Crippen LogP contribution is 2.42. The molecule has 2 aliphatic rings. The Kier molecular flexibility index (Phi) is 2.21. The number of aliphatic carboxylic acids is 1. The van der Waals surface area contributed by atoms with Crippen LogP contribution in [0.5, 0.6) is 0 Å². The quantitative estimate of drug-likeness (QED) is 0.840. The van der Waals surface area contributed by atoms with E-state index >= 15 is 0 Å². The molecule has 3 atom stereocenters. The Morgan fingerprint density at radius 2 is 2.24 bits per heavy atom. The first kappa shape index (κ1) is 10.4. The maximum atomic E-state index is 12.2. The highest BCUT2D eigenvalue weighted by Gasteiger charge is 2.51. The highest BCUT2D eigenvalue weighted by atomic mass is 16.4. The van der Waals surface area contributed by atoms with E-state index in [2.05, 4.69) is 0 Å². The molecule has 2 bridgehead atoms. The van der Waals surface area contributed by atoms with Crippen molar-refractivity contribution >= 4 is 11.9 Å². The normalized spacial score (nSPS) is 30.8. The van der Waals surface area contributed by atoms with Crippen LogP contribution in [-0.4, -0.2) is 34.0 Å². The fourth-order valence-electron chi connectivity index (χ4n) is 3.11. The molecule has 0 saturated carbocycles. The average molecular weight is 235 g/mol. The van der Waals surface area contributed by atoms with Crippen LogP contribution in [0.4, 0.5) is 0 Å². The van der Waals surface area contributed by atoms with Crippen molar-refractivity contribution in [2.75, 3.05) is 0 Å². The van der Waals surface area contributed by atoms with Crippen molar-refractivity contribution in [1.82, 2.24) is 4.90 Å². The molecule has 0 unspecified atom stereocenters. The Hall–Kier alpha value is -1.78. The Morgan fingerprint density at radius 3 is 2.82 bits per heavy atom. The molecule has 1 aromatic rings. The third-order valence-corrected chi connectivity index (χ3v) is 3.86. The van der Waals surface area contributed by atoms with Gasteiger partial charge in [-0.2, -0.15) is 0 Å². The van der Waals surface area contributed by atoms with Crippen molar-refractivity contribution < 1.29 is 19.1 Å². The van der Waals surface area contributed by atoms with Crippen molar-refractivity contribution in [3.63, 3.8) is 0 Å². The summed E-state index contributed by atoms with van der Waals surface area (Å²) in [5.74, 6) is -1.29. The minimum atomic E-state index is -0.790. The summed E-state index contributed by atoms with van der Waals surface area (Å²) < 4.78 is 4.90. The number of carbonyl (C=O) groups is 2. The minimum Gasteiger partial charge on any atom is -0.481 e. The molecule has 2 aliphatic heterocycles. The number of hydrogen-bond acceptors (Lipinski definition) is 3. The lowest BCUT2D eigenvalue weighted by atomic mass is 9.89. The molecule has 17 heavy (non-hydrogen) atoms. The van der Waals surface area contributed by atoms with Crippen LogP contribution in [0.25, 0.3) is 0 Å². The number of carboxylic acids is 1. The van der Waals surface area contributed by atoms with Crippen LogP contribution in [0.1, 0.15) is 29.6 Å². The average Bonchev–Trinajstić information content (AvgIpc) is 3.03. The third kappa shape index (κ3) is 1.45. The maximum absolute atomic E-state index is 12.2. The van der Waals surface area contributed by atoms with Gasteiger partial charge in [-0.1, -0.05) is 0 Å². The van der Waals surface area contributed by atoms with Crippen molar-refractivity contribution in [1.29, 1.82) is 0 Å². The van der Waals surface area contributed by atoms with Crippen molar-refractivity contribution in [3.8, 4) is 0 Å². The van der Waals surface area contributed by atoms with Gasteiger partial charge in [0.15, 0.2) is 0 Å². The zero-order chi connectivity index (χ0) is 12.0. The fraction of sp³-hybridized carbons (Fsp3) is 0.500. The second-order valence-electron chi connectivity index (χ2n) is 4.70. The summed E-state index contributed by atoms with van der Waals surface area (Å²) in [6.45, 7) is 0. The van der Waals surface area contributed by atoms with E-state index in [1.165, 1.54) is 12.5 Å². The minimum absolute atomic E-state index is 0.0866. The number of carboxylic acid groups (broad SMARTS) is 1. The molecule has 0 aliphatic carbocycles. The second kappa shape index (κ2) is 3.61. The van der Waals surface area contributed by atoms with E-state index in [9.17, 15) is 9.59 Å². The van der Waals surface area contributed by atoms with Gasteiger partial charge in [-0.25, -0.2) is 0 Å². The van der Waals surface area contributed by atoms with Gasteiger partial charge in [-0.05, 0) is 25.3 Å². The molecule has 5 heteroatoms. The van der Waals surface area contributed by atoms with E-state index in [4.69, 9.17) is 9.52 Å². The molecule has 0 radical (unpaired) electrons. The topological polar surface area (TPSA) is 70.8 Å². The number of furan rings is 1. The zero-order valence-electron chi connectivity index (χ0n) is 9.20. The van der Waals surface area contributed by atoms with E-state index in [1.807, 2.05) is 0 Å². The van der Waals surface area contributed by atoms with Gasteiger partial charge in [-0.15, -0.1) is 0 Å².